The van der Waals surface area contributed by atoms with Gasteiger partial charge in [0, 0.05) is 23.7 Å². The van der Waals surface area contributed by atoms with Gasteiger partial charge in [0.1, 0.15) is 5.82 Å². The lowest BCUT2D eigenvalue weighted by atomic mass is 10.1. The molecule has 6 nitrogen and oxygen atoms in total. The summed E-state index contributed by atoms with van der Waals surface area (Å²) in [6, 6.07) is 11.9. The number of nitrogens with zero attached hydrogens (tertiary/aromatic N) is 2. The summed E-state index contributed by atoms with van der Waals surface area (Å²) in [6.45, 7) is 4.18. The van der Waals surface area contributed by atoms with E-state index in [1.807, 2.05) is 36.4 Å². The summed E-state index contributed by atoms with van der Waals surface area (Å²) in [7, 11) is -2.93. The third-order valence-corrected chi connectivity index (χ3v) is 6.14. The molecule has 134 valence electrons. The molecule has 1 aliphatic heterocycles. The molecule has 0 amide bonds. The minimum Gasteiger partial charge on any atom is -0.366 e. The van der Waals surface area contributed by atoms with Crippen molar-refractivity contribution in [3.63, 3.8) is 0 Å². The van der Waals surface area contributed by atoms with Crippen molar-refractivity contribution in [3.8, 4) is 11.3 Å². The maximum Gasteiger partial charge on any atom is 0.225 e. The van der Waals surface area contributed by atoms with Gasteiger partial charge in [0.25, 0.3) is 0 Å². The van der Waals surface area contributed by atoms with Crippen LogP contribution in [0.3, 0.4) is 0 Å². The van der Waals surface area contributed by atoms with Crippen molar-refractivity contribution in [2.75, 3.05) is 22.1 Å². The topological polar surface area (TPSA) is 84.0 Å². The Bertz CT molecular complexity index is 824. The SMILES string of the molecule is CCC(C)Nc1nc(NC2CCS(=O)(=O)C2)cc(-c2ccccc2)n1. The van der Waals surface area contributed by atoms with Crippen LogP contribution in [0.5, 0.6) is 0 Å². The molecule has 1 aliphatic rings. The molecule has 3 rings (SSSR count). The van der Waals surface area contributed by atoms with Crippen LogP contribution in [0, 0.1) is 0 Å². The molecule has 0 saturated carbocycles. The molecule has 0 aliphatic carbocycles. The average molecular weight is 360 g/mol. The molecule has 7 heteroatoms. The Kier molecular flexibility index (Phi) is 5.22. The first kappa shape index (κ1) is 17.7. The summed E-state index contributed by atoms with van der Waals surface area (Å²) in [6.07, 6.45) is 1.57. The number of rotatable bonds is 6. The lowest BCUT2D eigenvalue weighted by Crippen LogP contribution is -2.22. The second-order valence-corrected chi connectivity index (χ2v) is 8.75. The zero-order valence-electron chi connectivity index (χ0n) is 14.6. The van der Waals surface area contributed by atoms with Gasteiger partial charge in [-0.15, -0.1) is 0 Å². The Morgan fingerprint density at radius 2 is 2.00 bits per heavy atom. The molecule has 1 fully saturated rings. The van der Waals surface area contributed by atoms with E-state index < -0.39 is 9.84 Å². The van der Waals surface area contributed by atoms with Crippen molar-refractivity contribution < 1.29 is 8.42 Å². The quantitative estimate of drug-likeness (QED) is 0.824. The van der Waals surface area contributed by atoms with Gasteiger partial charge in [0.2, 0.25) is 5.95 Å². The molecule has 0 spiro atoms. The van der Waals surface area contributed by atoms with Crippen LogP contribution in [0.1, 0.15) is 26.7 Å². The van der Waals surface area contributed by atoms with Crippen LogP contribution in [0.15, 0.2) is 36.4 Å². The van der Waals surface area contributed by atoms with E-state index in [9.17, 15) is 8.42 Å². The van der Waals surface area contributed by atoms with Crippen LogP contribution < -0.4 is 10.6 Å². The Balaban J connectivity index is 1.89. The highest BCUT2D eigenvalue weighted by Gasteiger charge is 2.28. The Labute approximate surface area is 149 Å². The molecule has 1 aromatic heterocycles. The van der Waals surface area contributed by atoms with E-state index in [2.05, 4.69) is 34.4 Å². The number of benzene rings is 1. The third kappa shape index (κ3) is 4.69. The summed E-state index contributed by atoms with van der Waals surface area (Å²) < 4.78 is 23.4. The molecular weight excluding hydrogens is 336 g/mol. The molecule has 1 aromatic carbocycles. The lowest BCUT2D eigenvalue weighted by molar-refractivity contribution is 0.602. The van der Waals surface area contributed by atoms with Crippen molar-refractivity contribution in [2.45, 2.75) is 38.8 Å². The number of hydrogen-bond acceptors (Lipinski definition) is 6. The van der Waals surface area contributed by atoms with Crippen LogP contribution in [0.4, 0.5) is 11.8 Å². The van der Waals surface area contributed by atoms with Crippen molar-refractivity contribution in [1.82, 2.24) is 9.97 Å². The minimum absolute atomic E-state index is 0.0972. The lowest BCUT2D eigenvalue weighted by Gasteiger charge is -2.16. The second-order valence-electron chi connectivity index (χ2n) is 6.53. The summed E-state index contributed by atoms with van der Waals surface area (Å²) >= 11 is 0. The van der Waals surface area contributed by atoms with Crippen molar-refractivity contribution in [2.24, 2.45) is 0 Å². The molecule has 2 atom stereocenters. The summed E-state index contributed by atoms with van der Waals surface area (Å²) in [4.78, 5) is 9.14. The van der Waals surface area contributed by atoms with Crippen molar-refractivity contribution in [1.29, 1.82) is 0 Å². The van der Waals surface area contributed by atoms with Crippen molar-refractivity contribution >= 4 is 21.6 Å². The first-order chi connectivity index (χ1) is 11.9. The van der Waals surface area contributed by atoms with E-state index in [0.717, 1.165) is 17.7 Å². The largest absolute Gasteiger partial charge is 0.366 e. The van der Waals surface area contributed by atoms with E-state index in [-0.39, 0.29) is 23.6 Å². The Morgan fingerprint density at radius 3 is 2.64 bits per heavy atom. The van der Waals surface area contributed by atoms with Gasteiger partial charge in [-0.05, 0) is 19.8 Å². The molecule has 2 N–H and O–H groups in total. The molecule has 1 saturated heterocycles. The fraction of sp³-hybridized carbons (Fsp3) is 0.444. The van der Waals surface area contributed by atoms with Crippen molar-refractivity contribution in [3.05, 3.63) is 36.4 Å². The molecule has 0 bridgehead atoms. The van der Waals surface area contributed by atoms with E-state index in [1.165, 1.54) is 0 Å². The highest BCUT2D eigenvalue weighted by atomic mass is 32.2. The van der Waals surface area contributed by atoms with Crippen LogP contribution in [0.25, 0.3) is 11.3 Å². The first-order valence-electron chi connectivity index (χ1n) is 8.63. The van der Waals surface area contributed by atoms with Gasteiger partial charge < -0.3 is 10.6 Å². The standard InChI is InChI=1S/C18H24N4O2S/c1-3-13(2)19-18-21-16(14-7-5-4-6-8-14)11-17(22-18)20-15-9-10-25(23,24)12-15/h4-8,11,13,15H,3,9-10,12H2,1-2H3,(H2,19,20,21,22). The maximum atomic E-state index is 11.7. The summed E-state index contributed by atoms with van der Waals surface area (Å²) in [5.41, 5.74) is 1.81. The number of hydrogen-bond donors (Lipinski definition) is 2. The molecule has 2 aromatic rings. The predicted molar refractivity (Wildman–Crippen MR) is 102 cm³/mol. The van der Waals surface area contributed by atoms with Gasteiger partial charge in [0.15, 0.2) is 9.84 Å². The van der Waals surface area contributed by atoms with E-state index in [1.54, 1.807) is 0 Å². The maximum absolute atomic E-state index is 11.7. The van der Waals surface area contributed by atoms with Crippen LogP contribution in [-0.4, -0.2) is 42.0 Å². The van der Waals surface area contributed by atoms with Crippen LogP contribution in [0.2, 0.25) is 0 Å². The number of anilines is 2. The molecular formula is C18H24N4O2S. The monoisotopic (exact) mass is 360 g/mol. The highest BCUT2D eigenvalue weighted by Crippen LogP contribution is 2.24. The normalized spacial score (nSPS) is 20.2. The Hall–Kier alpha value is -2.15. The first-order valence-corrected chi connectivity index (χ1v) is 10.5. The minimum atomic E-state index is -2.93. The number of aromatic nitrogens is 2. The van der Waals surface area contributed by atoms with E-state index in [4.69, 9.17) is 0 Å². The van der Waals surface area contributed by atoms with Gasteiger partial charge in [0.05, 0.1) is 17.2 Å². The number of sulfone groups is 1. The predicted octanol–water partition coefficient (Wildman–Crippen LogP) is 2.95. The molecule has 25 heavy (non-hydrogen) atoms. The van der Waals surface area contributed by atoms with E-state index >= 15 is 0 Å². The smallest absolute Gasteiger partial charge is 0.225 e. The summed E-state index contributed by atoms with van der Waals surface area (Å²) in [5.74, 6) is 1.60. The molecule has 0 radical (unpaired) electrons. The number of nitrogens with one attached hydrogen (secondary N) is 2. The van der Waals surface area contributed by atoms with Crippen LogP contribution >= 0.6 is 0 Å². The fourth-order valence-corrected chi connectivity index (χ4v) is 4.46. The van der Waals surface area contributed by atoms with Gasteiger partial charge in [-0.25, -0.2) is 13.4 Å². The zero-order valence-corrected chi connectivity index (χ0v) is 15.4. The van der Waals surface area contributed by atoms with E-state index in [0.29, 0.717) is 18.2 Å². The van der Waals surface area contributed by atoms with Gasteiger partial charge in [-0.2, -0.15) is 4.98 Å². The molecule has 2 heterocycles. The van der Waals surface area contributed by atoms with Crippen LogP contribution in [-0.2, 0) is 9.84 Å². The molecule has 2 unspecified atom stereocenters. The highest BCUT2D eigenvalue weighted by molar-refractivity contribution is 7.91. The van der Waals surface area contributed by atoms with Gasteiger partial charge in [-0.1, -0.05) is 37.3 Å². The zero-order chi connectivity index (χ0) is 17.9. The second kappa shape index (κ2) is 7.39. The van der Waals surface area contributed by atoms with Gasteiger partial charge in [-0.3, -0.25) is 0 Å². The third-order valence-electron chi connectivity index (χ3n) is 4.37. The Morgan fingerprint density at radius 1 is 1.24 bits per heavy atom. The summed E-state index contributed by atoms with van der Waals surface area (Å²) in [5, 5.41) is 6.57. The fourth-order valence-electron chi connectivity index (χ4n) is 2.78. The van der Waals surface area contributed by atoms with Gasteiger partial charge >= 0.3 is 0 Å². The average Bonchev–Trinajstić information content (AvgIpc) is 2.93.